The number of para-hydroxylation sites is 2. The second-order valence-corrected chi connectivity index (χ2v) is 10.0. The van der Waals surface area contributed by atoms with Crippen LogP contribution in [0.1, 0.15) is 22.3 Å². The molecule has 0 bridgehead atoms. The molecule has 2 N–H and O–H groups in total. The van der Waals surface area contributed by atoms with Gasteiger partial charge in [0.05, 0.1) is 11.2 Å². The van der Waals surface area contributed by atoms with Gasteiger partial charge in [-0.05, 0) is 76.2 Å². The van der Waals surface area contributed by atoms with Crippen LogP contribution in [0, 0.1) is 6.92 Å². The molecule has 3 nitrogen and oxygen atoms in total. The van der Waals surface area contributed by atoms with Crippen LogP contribution in [0.15, 0.2) is 140 Å². The highest BCUT2D eigenvalue weighted by Gasteiger charge is 2.17. The van der Waals surface area contributed by atoms with Gasteiger partial charge in [-0.1, -0.05) is 110 Å². The molecule has 0 radical (unpaired) electrons. The summed E-state index contributed by atoms with van der Waals surface area (Å²) in [6, 6.07) is 41.3. The van der Waals surface area contributed by atoms with Gasteiger partial charge in [-0.3, -0.25) is 0 Å². The Morgan fingerprint density at radius 3 is 2.00 bits per heavy atom. The quantitative estimate of drug-likeness (QED) is 0.211. The molecule has 1 aromatic heterocycles. The molecule has 0 unspecified atom stereocenters. The topological polar surface area (TPSA) is 53.4 Å². The Balaban J connectivity index is 1.62. The highest BCUT2D eigenvalue weighted by Crippen LogP contribution is 2.39. The van der Waals surface area contributed by atoms with E-state index in [1.165, 1.54) is 0 Å². The van der Waals surface area contributed by atoms with Crippen molar-refractivity contribution in [2.75, 3.05) is 0 Å². The van der Waals surface area contributed by atoms with Gasteiger partial charge in [0.15, 0.2) is 0 Å². The molecule has 198 valence electrons. The van der Waals surface area contributed by atoms with Gasteiger partial charge in [-0.2, -0.15) is 0 Å². The summed E-state index contributed by atoms with van der Waals surface area (Å²) in [7, 11) is 0. The molecule has 0 fully saturated rings. The average Bonchev–Trinajstić information content (AvgIpc) is 3.01. The summed E-state index contributed by atoms with van der Waals surface area (Å²) in [6.07, 6.45) is 2.03. The minimum Gasteiger partial charge on any atom is -0.507 e. The highest BCUT2D eigenvalue weighted by atomic mass is 16.3. The van der Waals surface area contributed by atoms with Crippen LogP contribution in [0.4, 0.5) is 0 Å². The predicted molar refractivity (Wildman–Crippen MR) is 170 cm³/mol. The van der Waals surface area contributed by atoms with Crippen molar-refractivity contribution in [3.05, 3.63) is 162 Å². The van der Waals surface area contributed by atoms with Gasteiger partial charge in [0.1, 0.15) is 11.5 Å². The molecule has 1 heterocycles. The molecule has 0 amide bonds. The molecule has 6 aromatic rings. The van der Waals surface area contributed by atoms with Gasteiger partial charge in [0, 0.05) is 16.5 Å². The first kappa shape index (κ1) is 25.8. The summed E-state index contributed by atoms with van der Waals surface area (Å²) in [5.74, 6) is 0.383. The molecule has 5 aromatic carbocycles. The molecule has 6 rings (SSSR count). The van der Waals surface area contributed by atoms with E-state index in [4.69, 9.17) is 4.98 Å². The van der Waals surface area contributed by atoms with E-state index in [9.17, 15) is 10.2 Å². The molecule has 0 saturated carbocycles. The van der Waals surface area contributed by atoms with Crippen molar-refractivity contribution >= 4 is 22.0 Å². The third-order valence-electron chi connectivity index (χ3n) is 7.44. The first-order chi connectivity index (χ1) is 20.0. The third kappa shape index (κ3) is 5.02. The zero-order valence-electron chi connectivity index (χ0n) is 22.8. The lowest BCUT2D eigenvalue weighted by Gasteiger charge is -2.18. The van der Waals surface area contributed by atoms with Gasteiger partial charge in [-0.25, -0.2) is 4.98 Å². The summed E-state index contributed by atoms with van der Waals surface area (Å²) in [4.78, 5) is 5.13. The van der Waals surface area contributed by atoms with E-state index in [2.05, 4.69) is 56.0 Å². The first-order valence-electron chi connectivity index (χ1n) is 13.5. The van der Waals surface area contributed by atoms with E-state index >= 15 is 0 Å². The Morgan fingerprint density at radius 1 is 0.659 bits per heavy atom. The minimum atomic E-state index is 0.191. The fraction of sp³-hybridized carbons (Fsp3) is 0.0263. The molecule has 0 atom stereocenters. The summed E-state index contributed by atoms with van der Waals surface area (Å²) >= 11 is 0. The van der Waals surface area contributed by atoms with Crippen LogP contribution < -0.4 is 0 Å². The van der Waals surface area contributed by atoms with Gasteiger partial charge >= 0.3 is 0 Å². The maximum atomic E-state index is 10.7. The molecule has 41 heavy (non-hydrogen) atoms. The fourth-order valence-corrected chi connectivity index (χ4v) is 5.34. The van der Waals surface area contributed by atoms with E-state index in [1.54, 1.807) is 18.2 Å². The lowest BCUT2D eigenvalue weighted by Crippen LogP contribution is -1.98. The molecule has 0 aliphatic rings. The standard InChI is InChI=1S/C38H29NO2/c1-25(29-17-9-11-19-36(29)40)23-33(27-13-5-3-6-14-27)30-21-22-31-34(28-15-7-4-8-16-28)24-35(39-38(31)26(30)2)32-18-10-12-20-37(32)41/h3-24,40-41H,1H2,2H3/b33-23-. The Hall–Kier alpha value is -5.41. The van der Waals surface area contributed by atoms with E-state index in [-0.39, 0.29) is 11.5 Å². The number of nitrogens with zero attached hydrogens (tertiary/aromatic N) is 1. The van der Waals surface area contributed by atoms with Crippen molar-refractivity contribution in [2.45, 2.75) is 6.92 Å². The number of aromatic hydroxyl groups is 2. The Labute approximate surface area is 240 Å². The van der Waals surface area contributed by atoms with Gasteiger partial charge in [-0.15, -0.1) is 0 Å². The van der Waals surface area contributed by atoms with E-state index in [0.29, 0.717) is 22.4 Å². The fourth-order valence-electron chi connectivity index (χ4n) is 5.34. The summed E-state index contributed by atoms with van der Waals surface area (Å²) in [5, 5.41) is 22.3. The summed E-state index contributed by atoms with van der Waals surface area (Å²) < 4.78 is 0. The molecule has 0 saturated heterocycles. The number of phenolic OH excluding ortho intramolecular Hbond substituents is 2. The SMILES string of the molecule is C=C(/C=C(/c1ccccc1)c1ccc2c(-c3ccccc3)cc(-c3ccccc3O)nc2c1C)c1ccccc1O. The number of phenols is 2. The molecule has 0 aliphatic heterocycles. The number of allylic oxidation sites excluding steroid dienone is 2. The van der Waals surface area contributed by atoms with Crippen LogP contribution in [-0.2, 0) is 0 Å². The van der Waals surface area contributed by atoms with Crippen molar-refractivity contribution in [3.63, 3.8) is 0 Å². The predicted octanol–water partition coefficient (Wildman–Crippen LogP) is 9.43. The van der Waals surface area contributed by atoms with E-state index in [0.717, 1.165) is 44.3 Å². The van der Waals surface area contributed by atoms with Gasteiger partial charge < -0.3 is 10.2 Å². The second-order valence-electron chi connectivity index (χ2n) is 10.0. The Morgan fingerprint density at radius 2 is 1.29 bits per heavy atom. The van der Waals surface area contributed by atoms with Crippen molar-refractivity contribution in [1.82, 2.24) is 4.98 Å². The van der Waals surface area contributed by atoms with Crippen LogP contribution in [0.2, 0.25) is 0 Å². The number of pyridine rings is 1. The monoisotopic (exact) mass is 531 g/mol. The van der Waals surface area contributed by atoms with Crippen molar-refractivity contribution in [1.29, 1.82) is 0 Å². The Kier molecular flexibility index (Phi) is 6.93. The molecular formula is C38H29NO2. The second kappa shape index (κ2) is 11.0. The van der Waals surface area contributed by atoms with Crippen LogP contribution in [0.3, 0.4) is 0 Å². The Bertz CT molecular complexity index is 1920. The lowest BCUT2D eigenvalue weighted by molar-refractivity contribution is 0.473. The number of benzene rings is 5. The van der Waals surface area contributed by atoms with Crippen molar-refractivity contribution in [2.24, 2.45) is 0 Å². The molecule has 0 spiro atoms. The number of fused-ring (bicyclic) bond motifs is 1. The zero-order chi connectivity index (χ0) is 28.3. The largest absolute Gasteiger partial charge is 0.507 e. The maximum absolute atomic E-state index is 10.7. The smallest absolute Gasteiger partial charge is 0.124 e. The number of hydrogen-bond acceptors (Lipinski definition) is 3. The third-order valence-corrected chi connectivity index (χ3v) is 7.44. The minimum absolute atomic E-state index is 0.191. The van der Waals surface area contributed by atoms with Gasteiger partial charge in [0.25, 0.3) is 0 Å². The zero-order valence-corrected chi connectivity index (χ0v) is 22.8. The van der Waals surface area contributed by atoms with Crippen LogP contribution in [-0.4, -0.2) is 15.2 Å². The number of hydrogen-bond donors (Lipinski definition) is 2. The summed E-state index contributed by atoms with van der Waals surface area (Å²) in [6.45, 7) is 6.40. The van der Waals surface area contributed by atoms with Crippen LogP contribution in [0.5, 0.6) is 11.5 Å². The number of aryl methyl sites for hydroxylation is 1. The van der Waals surface area contributed by atoms with Crippen molar-refractivity contribution < 1.29 is 10.2 Å². The average molecular weight is 532 g/mol. The van der Waals surface area contributed by atoms with Gasteiger partial charge in [0.2, 0.25) is 0 Å². The first-order valence-corrected chi connectivity index (χ1v) is 13.5. The normalized spacial score (nSPS) is 11.5. The number of aromatic nitrogens is 1. The van der Waals surface area contributed by atoms with Crippen LogP contribution in [0.25, 0.3) is 44.4 Å². The van der Waals surface area contributed by atoms with Crippen LogP contribution >= 0.6 is 0 Å². The molecular weight excluding hydrogens is 502 g/mol. The maximum Gasteiger partial charge on any atom is 0.124 e. The van der Waals surface area contributed by atoms with E-state index in [1.807, 2.05) is 72.8 Å². The van der Waals surface area contributed by atoms with Crippen molar-refractivity contribution in [3.8, 4) is 33.9 Å². The molecule has 0 aliphatic carbocycles. The highest BCUT2D eigenvalue weighted by molar-refractivity contribution is 6.02. The van der Waals surface area contributed by atoms with E-state index < -0.39 is 0 Å². The summed E-state index contributed by atoms with van der Waals surface area (Å²) in [5.41, 5.74) is 9.81. The lowest BCUT2D eigenvalue weighted by atomic mass is 9.88. The molecule has 3 heteroatoms. The number of rotatable bonds is 6.